The fourth-order valence-corrected chi connectivity index (χ4v) is 3.75. The Labute approximate surface area is 142 Å². The minimum absolute atomic E-state index is 0.543. The van der Waals surface area contributed by atoms with E-state index in [4.69, 9.17) is 0 Å². The number of hydrogen-bond donors (Lipinski definition) is 1. The molecule has 4 heteroatoms. The molecule has 1 aromatic carbocycles. The summed E-state index contributed by atoms with van der Waals surface area (Å²) in [6.07, 6.45) is 3.97. The predicted octanol–water partition coefficient (Wildman–Crippen LogP) is 3.07. The molecule has 1 unspecified atom stereocenters. The first kappa shape index (κ1) is 15.4. The zero-order valence-corrected chi connectivity index (χ0v) is 14.2. The molecule has 0 fully saturated rings. The number of benzene rings is 1. The van der Waals surface area contributed by atoms with Gasteiger partial charge in [-0.1, -0.05) is 18.2 Å². The summed E-state index contributed by atoms with van der Waals surface area (Å²) >= 11 is 0. The van der Waals surface area contributed by atoms with Crippen LogP contribution in [0.25, 0.3) is 10.9 Å². The molecule has 0 bridgehead atoms. The molecule has 24 heavy (non-hydrogen) atoms. The van der Waals surface area contributed by atoms with Crippen molar-refractivity contribution in [3.8, 4) is 0 Å². The molecule has 0 saturated carbocycles. The van der Waals surface area contributed by atoms with Crippen LogP contribution in [0.2, 0.25) is 0 Å². The number of aliphatic hydroxyl groups is 1. The van der Waals surface area contributed by atoms with Gasteiger partial charge in [-0.05, 0) is 37.2 Å². The first-order chi connectivity index (χ1) is 11.6. The van der Waals surface area contributed by atoms with Crippen LogP contribution in [0.15, 0.2) is 42.7 Å². The Kier molecular flexibility index (Phi) is 3.87. The number of likely N-dealkylation sites (N-methyl/N-ethyl adjacent to an activating group) is 1. The molecule has 1 N–H and O–H groups in total. The molecule has 4 nitrogen and oxygen atoms in total. The highest BCUT2D eigenvalue weighted by Crippen LogP contribution is 2.32. The summed E-state index contributed by atoms with van der Waals surface area (Å²) in [6.45, 7) is 4.74. The van der Waals surface area contributed by atoms with E-state index in [0.29, 0.717) is 6.54 Å². The zero-order chi connectivity index (χ0) is 16.7. The average molecular weight is 321 g/mol. The van der Waals surface area contributed by atoms with Crippen molar-refractivity contribution in [3.63, 3.8) is 0 Å². The number of aliphatic hydroxyl groups excluding tert-OH is 1. The Morgan fingerprint density at radius 2 is 2.17 bits per heavy atom. The van der Waals surface area contributed by atoms with E-state index in [1.807, 2.05) is 12.1 Å². The van der Waals surface area contributed by atoms with Crippen LogP contribution in [0.4, 0.5) is 0 Å². The molecular weight excluding hydrogens is 298 g/mol. The van der Waals surface area contributed by atoms with Crippen molar-refractivity contribution >= 4 is 10.9 Å². The molecule has 4 rings (SSSR count). The van der Waals surface area contributed by atoms with Crippen LogP contribution in [0.5, 0.6) is 0 Å². The fraction of sp³-hybridized carbons (Fsp3) is 0.350. The molecule has 0 saturated heterocycles. The lowest BCUT2D eigenvalue weighted by Crippen LogP contribution is -2.27. The van der Waals surface area contributed by atoms with Crippen molar-refractivity contribution in [2.75, 3.05) is 13.6 Å². The summed E-state index contributed by atoms with van der Waals surface area (Å²) in [7, 11) is 2.17. The van der Waals surface area contributed by atoms with Crippen LogP contribution in [0, 0.1) is 6.92 Å². The molecule has 1 aliphatic rings. The van der Waals surface area contributed by atoms with Crippen LogP contribution >= 0.6 is 0 Å². The molecule has 1 aliphatic heterocycles. The van der Waals surface area contributed by atoms with Crippen molar-refractivity contribution in [3.05, 3.63) is 65.1 Å². The van der Waals surface area contributed by atoms with Gasteiger partial charge in [-0.2, -0.15) is 0 Å². The van der Waals surface area contributed by atoms with Gasteiger partial charge in [-0.25, -0.2) is 0 Å². The Bertz CT molecular complexity index is 869. The number of nitrogens with zero attached hydrogens (tertiary/aromatic N) is 3. The topological polar surface area (TPSA) is 41.3 Å². The Balaban J connectivity index is 1.81. The van der Waals surface area contributed by atoms with E-state index in [9.17, 15) is 5.11 Å². The van der Waals surface area contributed by atoms with Crippen molar-refractivity contribution < 1.29 is 5.11 Å². The fourth-order valence-electron chi connectivity index (χ4n) is 3.75. The summed E-state index contributed by atoms with van der Waals surface area (Å²) < 4.78 is 2.32. The quantitative estimate of drug-likeness (QED) is 0.806. The molecular formula is C20H23N3O. The molecule has 2 aromatic heterocycles. The number of fused-ring (bicyclic) bond motifs is 3. The van der Waals surface area contributed by atoms with Gasteiger partial charge in [0, 0.05) is 54.1 Å². The average Bonchev–Trinajstić information content (AvgIpc) is 2.88. The minimum Gasteiger partial charge on any atom is -0.386 e. The van der Waals surface area contributed by atoms with Gasteiger partial charge >= 0.3 is 0 Å². The van der Waals surface area contributed by atoms with Gasteiger partial charge in [0.05, 0.1) is 12.6 Å². The summed E-state index contributed by atoms with van der Waals surface area (Å²) in [5.74, 6) is 0. The highest BCUT2D eigenvalue weighted by atomic mass is 16.3. The van der Waals surface area contributed by atoms with Gasteiger partial charge in [0.15, 0.2) is 0 Å². The van der Waals surface area contributed by atoms with Crippen LogP contribution in [0.1, 0.15) is 28.5 Å². The molecule has 0 spiro atoms. The van der Waals surface area contributed by atoms with Gasteiger partial charge in [0.1, 0.15) is 0 Å². The van der Waals surface area contributed by atoms with E-state index in [-0.39, 0.29) is 0 Å². The summed E-state index contributed by atoms with van der Waals surface area (Å²) in [5, 5.41) is 12.0. The Morgan fingerprint density at radius 3 is 2.96 bits per heavy atom. The van der Waals surface area contributed by atoms with Crippen molar-refractivity contribution in [1.82, 2.24) is 14.5 Å². The minimum atomic E-state index is -0.543. The molecule has 3 aromatic rings. The maximum atomic E-state index is 10.7. The maximum Gasteiger partial charge on any atom is 0.0983 e. The number of rotatable bonds is 3. The Hall–Kier alpha value is -2.17. The van der Waals surface area contributed by atoms with Crippen LogP contribution in [-0.4, -0.2) is 33.1 Å². The summed E-state index contributed by atoms with van der Waals surface area (Å²) in [6, 6.07) is 10.5. The third kappa shape index (κ3) is 2.62. The van der Waals surface area contributed by atoms with Crippen molar-refractivity contribution in [1.29, 1.82) is 0 Å². The van der Waals surface area contributed by atoms with E-state index in [0.717, 1.165) is 25.1 Å². The van der Waals surface area contributed by atoms with Gasteiger partial charge in [0.25, 0.3) is 0 Å². The molecule has 3 heterocycles. The lowest BCUT2D eigenvalue weighted by molar-refractivity contribution is 0.155. The van der Waals surface area contributed by atoms with E-state index < -0.39 is 6.10 Å². The maximum absolute atomic E-state index is 10.7. The van der Waals surface area contributed by atoms with E-state index >= 15 is 0 Å². The van der Waals surface area contributed by atoms with Crippen LogP contribution in [-0.2, 0) is 19.5 Å². The molecule has 0 radical (unpaired) electrons. The third-order valence-electron chi connectivity index (χ3n) is 5.03. The van der Waals surface area contributed by atoms with Gasteiger partial charge in [0.2, 0.25) is 0 Å². The van der Waals surface area contributed by atoms with Crippen molar-refractivity contribution in [2.24, 2.45) is 0 Å². The number of pyridine rings is 1. The molecule has 124 valence electrons. The zero-order valence-electron chi connectivity index (χ0n) is 14.2. The van der Waals surface area contributed by atoms with Gasteiger partial charge < -0.3 is 14.6 Å². The van der Waals surface area contributed by atoms with E-state index in [2.05, 4.69) is 46.6 Å². The first-order valence-corrected chi connectivity index (χ1v) is 8.50. The Morgan fingerprint density at radius 1 is 1.29 bits per heavy atom. The van der Waals surface area contributed by atoms with E-state index in [1.165, 1.54) is 27.7 Å². The number of aromatic nitrogens is 2. The molecule has 0 aliphatic carbocycles. The normalized spacial score (nSPS) is 16.3. The second kappa shape index (κ2) is 6.04. The number of aryl methyl sites for hydroxylation is 1. The standard InChI is InChI=1S/C20H23N3O/c1-14-5-6-16-17-12-22(2)9-7-18(17)23(19(16)10-14)13-20(24)15-4-3-8-21-11-15/h3-6,8,10-11,20,24H,7,9,12-13H2,1-2H3. The highest BCUT2D eigenvalue weighted by molar-refractivity contribution is 5.86. The largest absolute Gasteiger partial charge is 0.386 e. The van der Waals surface area contributed by atoms with Gasteiger partial charge in [-0.15, -0.1) is 0 Å². The first-order valence-electron chi connectivity index (χ1n) is 8.50. The monoisotopic (exact) mass is 321 g/mol. The lowest BCUT2D eigenvalue weighted by Gasteiger charge is -2.25. The third-order valence-corrected chi connectivity index (χ3v) is 5.03. The summed E-state index contributed by atoms with van der Waals surface area (Å²) in [4.78, 5) is 6.50. The van der Waals surface area contributed by atoms with Crippen molar-refractivity contribution in [2.45, 2.75) is 32.5 Å². The highest BCUT2D eigenvalue weighted by Gasteiger charge is 2.23. The van der Waals surface area contributed by atoms with Gasteiger partial charge in [-0.3, -0.25) is 4.98 Å². The smallest absolute Gasteiger partial charge is 0.0983 e. The predicted molar refractivity (Wildman–Crippen MR) is 95.9 cm³/mol. The second-order valence-corrected chi connectivity index (χ2v) is 6.85. The number of hydrogen-bond acceptors (Lipinski definition) is 3. The molecule has 0 amide bonds. The van der Waals surface area contributed by atoms with Crippen LogP contribution < -0.4 is 0 Å². The van der Waals surface area contributed by atoms with E-state index in [1.54, 1.807) is 12.4 Å². The second-order valence-electron chi connectivity index (χ2n) is 6.85. The SMILES string of the molecule is Cc1ccc2c3c(n(CC(O)c4cccnc4)c2c1)CCN(C)C3. The molecule has 1 atom stereocenters. The summed E-state index contributed by atoms with van der Waals surface area (Å²) in [5.41, 5.74) is 6.14. The lowest BCUT2D eigenvalue weighted by atomic mass is 10.0. The van der Waals surface area contributed by atoms with Crippen LogP contribution in [0.3, 0.4) is 0 Å².